The van der Waals surface area contributed by atoms with Crippen LogP contribution in [0, 0.1) is 17.4 Å². The van der Waals surface area contributed by atoms with Crippen LogP contribution in [0.2, 0.25) is 0 Å². The fourth-order valence-corrected chi connectivity index (χ4v) is 1.99. The maximum atomic E-state index is 11.2. The third-order valence-corrected chi connectivity index (χ3v) is 3.09. The highest BCUT2D eigenvalue weighted by Crippen LogP contribution is 2.18. The number of nitrogens with one attached hydrogen (secondary N) is 1. The molecule has 2 rings (SSSR count). The molecule has 3 N–H and O–H groups in total. The predicted molar refractivity (Wildman–Crippen MR) is 78.3 cm³/mol. The highest BCUT2D eigenvalue weighted by Gasteiger charge is 2.22. The van der Waals surface area contributed by atoms with Crippen molar-refractivity contribution in [2.75, 3.05) is 11.9 Å². The van der Waals surface area contributed by atoms with Crippen molar-refractivity contribution in [1.82, 2.24) is 10.4 Å². The van der Waals surface area contributed by atoms with Gasteiger partial charge >= 0.3 is 0 Å². The number of hydrazone groups is 1. The summed E-state index contributed by atoms with van der Waals surface area (Å²) in [5, 5.41) is 13.1. The Morgan fingerprint density at radius 3 is 2.90 bits per heavy atom. The molecule has 8 nitrogen and oxygen atoms in total. The Kier molecular flexibility index (Phi) is 4.13. The van der Waals surface area contributed by atoms with Crippen LogP contribution in [-0.2, 0) is 4.79 Å². The predicted octanol–water partition coefficient (Wildman–Crippen LogP) is 0.174. The van der Waals surface area contributed by atoms with E-state index in [2.05, 4.69) is 20.5 Å². The first-order valence-electron chi connectivity index (χ1n) is 6.31. The molecular formula is C13H15N7O. The second kappa shape index (κ2) is 6.00. The van der Waals surface area contributed by atoms with Gasteiger partial charge in [-0.2, -0.15) is 15.3 Å². The van der Waals surface area contributed by atoms with Gasteiger partial charge in [0.2, 0.25) is 11.9 Å². The van der Waals surface area contributed by atoms with E-state index in [0.29, 0.717) is 12.2 Å². The lowest BCUT2D eigenvalue weighted by Crippen LogP contribution is -2.34. The lowest BCUT2D eigenvalue weighted by molar-refractivity contribution is -0.121. The average Bonchev–Trinajstić information content (AvgIpc) is 2.49. The number of nitriles is 1. The molecule has 1 aromatic rings. The number of hydrogen-bond donors (Lipinski definition) is 2. The van der Waals surface area contributed by atoms with Crippen molar-refractivity contribution in [1.29, 1.82) is 5.26 Å². The molecule has 8 heteroatoms. The second-order valence-electron chi connectivity index (χ2n) is 4.56. The van der Waals surface area contributed by atoms with E-state index >= 15 is 0 Å². The number of hydrogen-bond acceptors (Lipinski definition) is 5. The Labute approximate surface area is 122 Å². The zero-order chi connectivity index (χ0) is 15.4. The Balaban J connectivity index is 2.28. The third-order valence-electron chi connectivity index (χ3n) is 3.09. The Morgan fingerprint density at radius 1 is 1.62 bits per heavy atom. The van der Waals surface area contributed by atoms with Crippen LogP contribution < -0.4 is 16.1 Å². The van der Waals surface area contributed by atoms with E-state index < -0.39 is 0 Å². The lowest BCUT2D eigenvalue weighted by Gasteiger charge is -2.19. The zero-order valence-corrected chi connectivity index (χ0v) is 11.7. The molecule has 0 fully saturated rings. The largest absolute Gasteiger partial charge is 0.369 e. The number of guanidine groups is 1. The molecule has 1 aromatic heterocycles. The van der Waals surface area contributed by atoms with Crippen molar-refractivity contribution in [2.24, 2.45) is 21.7 Å². The molecule has 0 aromatic carbocycles. The fourth-order valence-electron chi connectivity index (χ4n) is 1.99. The number of carbonyl (C=O) groups is 1. The molecule has 1 atom stereocenters. The summed E-state index contributed by atoms with van der Waals surface area (Å²) in [6.07, 6.45) is 3.89. The van der Waals surface area contributed by atoms with Gasteiger partial charge in [0, 0.05) is 31.1 Å². The highest BCUT2D eigenvalue weighted by molar-refractivity contribution is 6.05. The molecule has 0 bridgehead atoms. The van der Waals surface area contributed by atoms with Gasteiger partial charge in [-0.25, -0.2) is 10.4 Å². The van der Waals surface area contributed by atoms with E-state index in [1.807, 2.05) is 13.1 Å². The first-order valence-corrected chi connectivity index (χ1v) is 6.31. The Bertz CT molecular complexity index is 641. The van der Waals surface area contributed by atoms with Crippen LogP contribution in [0.25, 0.3) is 0 Å². The number of aliphatic imine (C=N–C) groups is 1. The average molecular weight is 285 g/mol. The number of rotatable bonds is 2. The summed E-state index contributed by atoms with van der Waals surface area (Å²) < 4.78 is 0. The summed E-state index contributed by atoms with van der Waals surface area (Å²) in [4.78, 5) is 20.3. The summed E-state index contributed by atoms with van der Waals surface area (Å²) in [5.74, 6) is 0.352. The summed E-state index contributed by atoms with van der Waals surface area (Å²) >= 11 is 0. The molecule has 1 aliphatic rings. The number of aromatic nitrogens is 1. The highest BCUT2D eigenvalue weighted by atomic mass is 16.2. The number of amides is 1. The molecule has 0 radical (unpaired) electrons. The first kappa shape index (κ1) is 14.5. The van der Waals surface area contributed by atoms with Gasteiger partial charge in [-0.15, -0.1) is 0 Å². The van der Waals surface area contributed by atoms with Gasteiger partial charge in [-0.05, 0) is 12.1 Å². The molecule has 2 heterocycles. The van der Waals surface area contributed by atoms with Crippen molar-refractivity contribution < 1.29 is 4.79 Å². The van der Waals surface area contributed by atoms with Crippen LogP contribution in [0.3, 0.4) is 0 Å². The number of nitrogens with two attached hydrogens (primary N) is 1. The molecule has 21 heavy (non-hydrogen) atoms. The van der Waals surface area contributed by atoms with Gasteiger partial charge in [0.05, 0.1) is 5.71 Å². The molecular weight excluding hydrogens is 270 g/mol. The first-order chi connectivity index (χ1) is 10.1. The Hall–Kier alpha value is -2.95. The minimum atomic E-state index is -0.0987. The molecule has 1 amide bonds. The molecule has 0 saturated carbocycles. The minimum Gasteiger partial charge on any atom is -0.369 e. The van der Waals surface area contributed by atoms with E-state index in [1.165, 1.54) is 7.05 Å². The van der Waals surface area contributed by atoms with Gasteiger partial charge in [-0.3, -0.25) is 9.79 Å². The van der Waals surface area contributed by atoms with Gasteiger partial charge in [0.15, 0.2) is 6.19 Å². The van der Waals surface area contributed by atoms with Crippen LogP contribution in [0.5, 0.6) is 0 Å². The van der Waals surface area contributed by atoms with Crippen LogP contribution in [-0.4, -0.2) is 29.6 Å². The maximum absolute atomic E-state index is 11.2. The SMILES string of the molecule is CN=C(N)N(C#N)c1ccc(C2=NNC(=O)CC2C)cn1. The van der Waals surface area contributed by atoms with Crippen LogP contribution in [0.1, 0.15) is 18.9 Å². The molecule has 1 unspecified atom stereocenters. The number of pyridine rings is 1. The minimum absolute atomic E-state index is 0.0146. The van der Waals surface area contributed by atoms with Crippen molar-refractivity contribution in [3.63, 3.8) is 0 Å². The molecule has 0 saturated heterocycles. The van der Waals surface area contributed by atoms with Gasteiger partial charge < -0.3 is 5.73 Å². The van der Waals surface area contributed by atoms with Crippen molar-refractivity contribution >= 4 is 23.4 Å². The van der Waals surface area contributed by atoms with E-state index in [1.54, 1.807) is 18.3 Å². The maximum Gasteiger partial charge on any atom is 0.240 e. The van der Waals surface area contributed by atoms with E-state index in [4.69, 9.17) is 11.0 Å². The fraction of sp³-hybridized carbons (Fsp3) is 0.308. The summed E-state index contributed by atoms with van der Waals surface area (Å²) in [6.45, 7) is 1.93. The van der Waals surface area contributed by atoms with Crippen molar-refractivity contribution in [2.45, 2.75) is 13.3 Å². The summed E-state index contributed by atoms with van der Waals surface area (Å²) in [6, 6.07) is 3.44. The number of anilines is 1. The normalized spacial score (nSPS) is 18.5. The van der Waals surface area contributed by atoms with E-state index in [0.717, 1.165) is 16.2 Å². The van der Waals surface area contributed by atoms with E-state index in [9.17, 15) is 4.79 Å². The van der Waals surface area contributed by atoms with Gasteiger partial charge in [0.1, 0.15) is 5.82 Å². The number of nitrogens with zero attached hydrogens (tertiary/aromatic N) is 5. The van der Waals surface area contributed by atoms with Crippen molar-refractivity contribution in [3.05, 3.63) is 23.9 Å². The van der Waals surface area contributed by atoms with Crippen LogP contribution in [0.15, 0.2) is 28.4 Å². The van der Waals surface area contributed by atoms with Gasteiger partial charge in [-0.1, -0.05) is 6.92 Å². The molecule has 108 valence electrons. The number of carbonyl (C=O) groups excluding carboxylic acids is 1. The quantitative estimate of drug-likeness (QED) is 0.347. The van der Waals surface area contributed by atoms with Crippen molar-refractivity contribution in [3.8, 4) is 6.19 Å². The topological polar surface area (TPSA) is 120 Å². The summed E-state index contributed by atoms with van der Waals surface area (Å²) in [5.41, 5.74) is 9.62. The Morgan fingerprint density at radius 2 is 2.38 bits per heavy atom. The monoisotopic (exact) mass is 285 g/mol. The smallest absolute Gasteiger partial charge is 0.240 e. The van der Waals surface area contributed by atoms with Crippen LogP contribution >= 0.6 is 0 Å². The zero-order valence-electron chi connectivity index (χ0n) is 11.7. The molecule has 0 spiro atoms. The standard InChI is InChI=1S/C13H15N7O/c1-8-5-11(21)18-19-12(8)9-3-4-10(17-6-9)20(7-14)13(15)16-2/h3-4,6,8H,5H2,1-2H3,(H2,15,16)(H,18,21). The van der Waals surface area contributed by atoms with Crippen LogP contribution in [0.4, 0.5) is 5.82 Å². The second-order valence-corrected chi connectivity index (χ2v) is 4.56. The lowest BCUT2D eigenvalue weighted by atomic mass is 9.95. The van der Waals surface area contributed by atoms with Gasteiger partial charge in [0.25, 0.3) is 0 Å². The van der Waals surface area contributed by atoms with E-state index in [-0.39, 0.29) is 17.8 Å². The third kappa shape index (κ3) is 2.97. The molecule has 1 aliphatic heterocycles. The molecule has 0 aliphatic carbocycles. The summed E-state index contributed by atoms with van der Waals surface area (Å²) in [7, 11) is 1.50.